The Morgan fingerprint density at radius 2 is 2.26 bits per heavy atom. The van der Waals surface area contributed by atoms with E-state index in [0.29, 0.717) is 12.5 Å². The summed E-state index contributed by atoms with van der Waals surface area (Å²) < 4.78 is 5.49. The first kappa shape index (κ1) is 14.2. The van der Waals surface area contributed by atoms with Gasteiger partial charge in [-0.05, 0) is 31.9 Å². The number of benzene rings is 1. The zero-order chi connectivity index (χ0) is 13.8. The Balaban J connectivity index is 1.96. The van der Waals surface area contributed by atoms with Gasteiger partial charge in [0, 0.05) is 19.2 Å². The maximum absolute atomic E-state index is 12.3. The fourth-order valence-corrected chi connectivity index (χ4v) is 2.66. The molecule has 0 aliphatic carbocycles. The highest BCUT2D eigenvalue weighted by atomic mass is 16.5. The normalized spacial score (nSPS) is 24.4. The van der Waals surface area contributed by atoms with Crippen LogP contribution >= 0.6 is 0 Å². The summed E-state index contributed by atoms with van der Waals surface area (Å²) >= 11 is 0. The van der Waals surface area contributed by atoms with Gasteiger partial charge < -0.3 is 4.74 Å². The van der Waals surface area contributed by atoms with Crippen LogP contribution < -0.4 is 0 Å². The van der Waals surface area contributed by atoms with Gasteiger partial charge in [-0.25, -0.2) is 0 Å². The predicted molar refractivity (Wildman–Crippen MR) is 76.5 cm³/mol. The molecule has 3 nitrogen and oxygen atoms in total. The molecule has 1 aromatic carbocycles. The number of ether oxygens (including phenoxy) is 1. The van der Waals surface area contributed by atoms with Gasteiger partial charge in [0.15, 0.2) is 5.78 Å². The summed E-state index contributed by atoms with van der Waals surface area (Å²) in [6, 6.07) is 7.82. The molecule has 19 heavy (non-hydrogen) atoms. The van der Waals surface area contributed by atoms with Crippen molar-refractivity contribution < 1.29 is 9.53 Å². The number of methoxy groups -OCH3 is 1. The fraction of sp³-hybridized carbons (Fsp3) is 0.562. The van der Waals surface area contributed by atoms with Crippen molar-refractivity contribution in [3.05, 3.63) is 35.4 Å². The quantitative estimate of drug-likeness (QED) is 0.780. The lowest BCUT2D eigenvalue weighted by Gasteiger charge is -2.35. The third kappa shape index (κ3) is 3.64. The van der Waals surface area contributed by atoms with E-state index in [-0.39, 0.29) is 11.9 Å². The lowest BCUT2D eigenvalue weighted by Crippen LogP contribution is -2.45. The van der Waals surface area contributed by atoms with E-state index < -0.39 is 0 Å². The molecule has 1 heterocycles. The van der Waals surface area contributed by atoms with Crippen molar-refractivity contribution in [3.8, 4) is 0 Å². The Hall–Kier alpha value is -1.19. The van der Waals surface area contributed by atoms with Gasteiger partial charge in [0.25, 0.3) is 0 Å². The lowest BCUT2D eigenvalue weighted by atomic mass is 9.95. The minimum absolute atomic E-state index is 0.202. The largest absolute Gasteiger partial charge is 0.380 e. The first-order chi connectivity index (χ1) is 9.10. The molecular formula is C16H23NO2. The second-order valence-corrected chi connectivity index (χ2v) is 5.57. The summed E-state index contributed by atoms with van der Waals surface area (Å²) in [7, 11) is 1.76. The monoisotopic (exact) mass is 261 g/mol. The minimum Gasteiger partial charge on any atom is -0.380 e. The smallest absolute Gasteiger partial charge is 0.176 e. The first-order valence-corrected chi connectivity index (χ1v) is 6.95. The number of ketones is 1. The van der Waals surface area contributed by atoms with Crippen molar-refractivity contribution >= 4 is 5.78 Å². The van der Waals surface area contributed by atoms with Crippen molar-refractivity contribution in [1.29, 1.82) is 0 Å². The van der Waals surface area contributed by atoms with E-state index in [9.17, 15) is 4.79 Å². The number of carbonyl (C=O) groups excluding carboxylic acids is 1. The van der Waals surface area contributed by atoms with E-state index in [1.54, 1.807) is 7.11 Å². The zero-order valence-corrected chi connectivity index (χ0v) is 12.1. The van der Waals surface area contributed by atoms with Gasteiger partial charge in [-0.2, -0.15) is 0 Å². The van der Waals surface area contributed by atoms with Crippen LogP contribution in [0.25, 0.3) is 0 Å². The summed E-state index contributed by atoms with van der Waals surface area (Å²) in [6.45, 7) is 6.57. The van der Waals surface area contributed by atoms with Gasteiger partial charge >= 0.3 is 0 Å². The molecule has 1 aliphatic rings. The molecule has 3 heteroatoms. The SMILES string of the molecule is COC1CN(CC(=O)c2cccc(C)c2)CCC1C. The summed E-state index contributed by atoms with van der Waals surface area (Å²) in [5, 5.41) is 0. The van der Waals surface area contributed by atoms with Gasteiger partial charge in [-0.3, -0.25) is 9.69 Å². The van der Waals surface area contributed by atoms with Gasteiger partial charge in [0.05, 0.1) is 12.6 Å². The third-order valence-electron chi connectivity index (χ3n) is 3.98. The standard InChI is InChI=1S/C16H23NO2/c1-12-5-4-6-14(9-12)15(18)10-17-8-7-13(2)16(11-17)19-3/h4-6,9,13,16H,7-8,10-11H2,1-3H3. The van der Waals surface area contributed by atoms with Crippen LogP contribution in [0, 0.1) is 12.8 Å². The maximum atomic E-state index is 12.3. The van der Waals surface area contributed by atoms with Gasteiger partial charge in [-0.1, -0.05) is 30.7 Å². The number of Topliss-reactive ketones (excluding diaryl/α,β-unsaturated/α-hetero) is 1. The number of likely N-dealkylation sites (tertiary alicyclic amines) is 1. The van der Waals surface area contributed by atoms with Crippen LogP contribution in [0.1, 0.15) is 29.3 Å². The molecule has 1 fully saturated rings. The highest BCUT2D eigenvalue weighted by molar-refractivity contribution is 5.97. The van der Waals surface area contributed by atoms with Crippen molar-refractivity contribution in [2.45, 2.75) is 26.4 Å². The Morgan fingerprint density at radius 1 is 1.47 bits per heavy atom. The van der Waals surface area contributed by atoms with E-state index >= 15 is 0 Å². The van der Waals surface area contributed by atoms with Crippen molar-refractivity contribution in [3.63, 3.8) is 0 Å². The molecule has 0 amide bonds. The molecule has 1 saturated heterocycles. The van der Waals surface area contributed by atoms with E-state index in [2.05, 4.69) is 11.8 Å². The van der Waals surface area contributed by atoms with Gasteiger partial charge in [0.2, 0.25) is 0 Å². The van der Waals surface area contributed by atoms with E-state index in [4.69, 9.17) is 4.74 Å². The molecule has 2 rings (SSSR count). The highest BCUT2D eigenvalue weighted by Crippen LogP contribution is 2.19. The van der Waals surface area contributed by atoms with E-state index in [1.807, 2.05) is 31.2 Å². The van der Waals surface area contributed by atoms with Crippen LogP contribution in [-0.2, 0) is 4.74 Å². The topological polar surface area (TPSA) is 29.5 Å². The van der Waals surface area contributed by atoms with Crippen LogP contribution in [0.3, 0.4) is 0 Å². The Labute approximate surface area is 115 Å². The van der Waals surface area contributed by atoms with Gasteiger partial charge in [-0.15, -0.1) is 0 Å². The number of piperidine rings is 1. The molecule has 1 aliphatic heterocycles. The summed E-state index contributed by atoms with van der Waals surface area (Å²) in [4.78, 5) is 14.5. The van der Waals surface area contributed by atoms with Crippen LogP contribution in [0.2, 0.25) is 0 Å². The molecule has 0 aromatic heterocycles. The average molecular weight is 261 g/mol. The number of hydrogen-bond donors (Lipinski definition) is 0. The minimum atomic E-state index is 0.202. The summed E-state index contributed by atoms with van der Waals surface area (Å²) in [5.41, 5.74) is 1.94. The molecule has 0 bridgehead atoms. The van der Waals surface area contributed by atoms with E-state index in [1.165, 1.54) is 0 Å². The molecule has 2 unspecified atom stereocenters. The molecular weight excluding hydrogens is 238 g/mol. The van der Waals surface area contributed by atoms with Crippen LogP contribution in [0.4, 0.5) is 0 Å². The van der Waals surface area contributed by atoms with Crippen molar-refractivity contribution in [1.82, 2.24) is 4.90 Å². The number of aryl methyl sites for hydroxylation is 1. The van der Waals surface area contributed by atoms with E-state index in [0.717, 1.165) is 30.6 Å². The Kier molecular flexibility index (Phi) is 4.72. The molecule has 104 valence electrons. The molecule has 1 aromatic rings. The molecule has 0 radical (unpaired) electrons. The number of carbonyl (C=O) groups is 1. The molecule has 0 N–H and O–H groups in total. The maximum Gasteiger partial charge on any atom is 0.176 e. The molecule has 2 atom stereocenters. The summed E-state index contributed by atoms with van der Waals surface area (Å²) in [6.07, 6.45) is 1.35. The van der Waals surface area contributed by atoms with Crippen LogP contribution in [-0.4, -0.2) is 43.5 Å². The Morgan fingerprint density at radius 3 is 2.95 bits per heavy atom. The average Bonchev–Trinajstić information content (AvgIpc) is 2.41. The third-order valence-corrected chi connectivity index (χ3v) is 3.98. The predicted octanol–water partition coefficient (Wildman–Crippen LogP) is 2.53. The van der Waals surface area contributed by atoms with Crippen molar-refractivity contribution in [2.24, 2.45) is 5.92 Å². The fourth-order valence-electron chi connectivity index (χ4n) is 2.66. The zero-order valence-electron chi connectivity index (χ0n) is 12.1. The number of nitrogens with zero attached hydrogens (tertiary/aromatic N) is 1. The first-order valence-electron chi connectivity index (χ1n) is 6.95. The van der Waals surface area contributed by atoms with Crippen molar-refractivity contribution in [2.75, 3.05) is 26.7 Å². The Bertz CT molecular complexity index is 444. The van der Waals surface area contributed by atoms with Crippen LogP contribution in [0.5, 0.6) is 0 Å². The second-order valence-electron chi connectivity index (χ2n) is 5.57. The molecule has 0 spiro atoms. The number of hydrogen-bond acceptors (Lipinski definition) is 3. The second kappa shape index (κ2) is 6.31. The lowest BCUT2D eigenvalue weighted by molar-refractivity contribution is -0.00324. The highest BCUT2D eigenvalue weighted by Gasteiger charge is 2.27. The number of rotatable bonds is 4. The van der Waals surface area contributed by atoms with Crippen LogP contribution in [0.15, 0.2) is 24.3 Å². The summed E-state index contributed by atoms with van der Waals surface area (Å²) in [5.74, 6) is 0.781. The van der Waals surface area contributed by atoms with Gasteiger partial charge in [0.1, 0.15) is 0 Å². The molecule has 0 saturated carbocycles.